The molecule has 2 aliphatic rings. The molecule has 0 bridgehead atoms. The van der Waals surface area contributed by atoms with Crippen molar-refractivity contribution in [2.75, 3.05) is 66.6 Å². The van der Waals surface area contributed by atoms with Gasteiger partial charge in [-0.3, -0.25) is 14.7 Å². The van der Waals surface area contributed by atoms with Gasteiger partial charge >= 0.3 is 0 Å². The molecule has 1 aromatic rings. The minimum absolute atomic E-state index is 0. The molecule has 8 nitrogen and oxygen atoms in total. The number of ether oxygens (including phenoxy) is 2. The summed E-state index contributed by atoms with van der Waals surface area (Å²) in [6, 6.07) is 7.71. The number of benzene rings is 1. The van der Waals surface area contributed by atoms with Crippen molar-refractivity contribution >= 4 is 35.8 Å². The van der Waals surface area contributed by atoms with E-state index in [-0.39, 0.29) is 29.9 Å². The van der Waals surface area contributed by atoms with Gasteiger partial charge in [-0.1, -0.05) is 6.07 Å². The number of nitrogens with one attached hydrogen (secondary N) is 2. The van der Waals surface area contributed by atoms with Gasteiger partial charge in [0, 0.05) is 57.9 Å². The van der Waals surface area contributed by atoms with E-state index < -0.39 is 0 Å². The Labute approximate surface area is 190 Å². The largest absolute Gasteiger partial charge is 0.497 e. The predicted octanol–water partition coefficient (Wildman–Crippen LogP) is 1.02. The third-order valence-electron chi connectivity index (χ3n) is 5.26. The highest BCUT2D eigenvalue weighted by Crippen LogP contribution is 2.17. The molecular weight excluding hydrogens is 485 g/mol. The third-order valence-corrected chi connectivity index (χ3v) is 5.26. The Morgan fingerprint density at radius 1 is 1.24 bits per heavy atom. The fourth-order valence-electron chi connectivity index (χ4n) is 3.72. The summed E-state index contributed by atoms with van der Waals surface area (Å²) in [5.74, 6) is 1.46. The first-order valence-corrected chi connectivity index (χ1v) is 9.91. The molecule has 1 amide bonds. The number of guanidine groups is 1. The summed E-state index contributed by atoms with van der Waals surface area (Å²) in [5, 5.41) is 6.29. The Hall–Kier alpha value is -1.59. The normalized spacial score (nSPS) is 20.1. The standard InChI is InChI=1S/C20H31N5O3.HI/c1-21-20(25-9-6-17(15-25)24-10-12-28-13-11-24)23-8-7-22-19(26)16-4-3-5-18(14-16)27-2;/h3-5,14,17H,6-13,15H2,1-2H3,(H,21,23)(H,22,26);1H. The number of hydrogen-bond donors (Lipinski definition) is 2. The fourth-order valence-corrected chi connectivity index (χ4v) is 3.72. The predicted molar refractivity (Wildman–Crippen MR) is 124 cm³/mol. The van der Waals surface area contributed by atoms with Crippen LogP contribution in [0.4, 0.5) is 0 Å². The molecule has 2 aliphatic heterocycles. The second-order valence-electron chi connectivity index (χ2n) is 7.00. The highest BCUT2D eigenvalue weighted by molar-refractivity contribution is 14.0. The van der Waals surface area contributed by atoms with E-state index in [4.69, 9.17) is 9.47 Å². The third kappa shape index (κ3) is 6.71. The Morgan fingerprint density at radius 3 is 2.72 bits per heavy atom. The molecule has 29 heavy (non-hydrogen) atoms. The molecule has 9 heteroatoms. The topological polar surface area (TPSA) is 78.4 Å². The van der Waals surface area contributed by atoms with Gasteiger partial charge in [-0.15, -0.1) is 24.0 Å². The number of likely N-dealkylation sites (tertiary alicyclic amines) is 1. The van der Waals surface area contributed by atoms with Crippen molar-refractivity contribution in [3.8, 4) is 5.75 Å². The van der Waals surface area contributed by atoms with Gasteiger partial charge < -0.3 is 25.0 Å². The minimum Gasteiger partial charge on any atom is -0.497 e. The Balaban J connectivity index is 0.00000300. The zero-order valence-corrected chi connectivity index (χ0v) is 19.6. The number of halogens is 1. The van der Waals surface area contributed by atoms with Crippen molar-refractivity contribution < 1.29 is 14.3 Å². The number of nitrogens with zero attached hydrogens (tertiary/aromatic N) is 3. The van der Waals surface area contributed by atoms with E-state index in [1.165, 1.54) is 0 Å². The summed E-state index contributed by atoms with van der Waals surface area (Å²) in [6.07, 6.45) is 1.15. The van der Waals surface area contributed by atoms with Gasteiger partial charge in [0.15, 0.2) is 5.96 Å². The lowest BCUT2D eigenvalue weighted by molar-refractivity contribution is 0.0195. The van der Waals surface area contributed by atoms with Crippen LogP contribution in [-0.4, -0.2) is 94.3 Å². The smallest absolute Gasteiger partial charge is 0.251 e. The van der Waals surface area contributed by atoms with Crippen LogP contribution in [0.1, 0.15) is 16.8 Å². The van der Waals surface area contributed by atoms with Gasteiger partial charge in [-0.05, 0) is 24.6 Å². The number of morpholine rings is 1. The van der Waals surface area contributed by atoms with Gasteiger partial charge in [-0.2, -0.15) is 0 Å². The van der Waals surface area contributed by atoms with Gasteiger partial charge in [0.1, 0.15) is 5.75 Å². The number of methoxy groups -OCH3 is 1. The molecule has 0 saturated carbocycles. The highest BCUT2D eigenvalue weighted by Gasteiger charge is 2.30. The molecule has 2 saturated heterocycles. The highest BCUT2D eigenvalue weighted by atomic mass is 127. The van der Waals surface area contributed by atoms with E-state index in [0.29, 0.717) is 30.4 Å². The van der Waals surface area contributed by atoms with Crippen LogP contribution in [0.5, 0.6) is 5.75 Å². The van der Waals surface area contributed by atoms with E-state index in [1.807, 2.05) is 12.1 Å². The van der Waals surface area contributed by atoms with E-state index in [1.54, 1.807) is 26.3 Å². The lowest BCUT2D eigenvalue weighted by Crippen LogP contribution is -2.47. The van der Waals surface area contributed by atoms with Crippen LogP contribution < -0.4 is 15.4 Å². The average molecular weight is 517 g/mol. The Kier molecular flexibility index (Phi) is 9.95. The number of carbonyl (C=O) groups excluding carboxylic acids is 1. The van der Waals surface area contributed by atoms with Crippen LogP contribution in [-0.2, 0) is 4.74 Å². The molecule has 0 aromatic heterocycles. The molecule has 1 atom stereocenters. The summed E-state index contributed by atoms with van der Waals surface area (Å²) >= 11 is 0. The number of rotatable bonds is 6. The molecule has 2 heterocycles. The van der Waals surface area contributed by atoms with E-state index in [2.05, 4.69) is 25.4 Å². The fraction of sp³-hybridized carbons (Fsp3) is 0.600. The molecule has 3 rings (SSSR count). The van der Waals surface area contributed by atoms with Crippen LogP contribution in [0.2, 0.25) is 0 Å². The Morgan fingerprint density at radius 2 is 2.00 bits per heavy atom. The SMILES string of the molecule is CN=C(NCCNC(=O)c1cccc(OC)c1)N1CCC(N2CCOCC2)C1.I. The zero-order chi connectivity index (χ0) is 19.8. The molecular formula is C20H32IN5O3. The van der Waals surface area contributed by atoms with E-state index in [9.17, 15) is 4.79 Å². The minimum atomic E-state index is -0.107. The van der Waals surface area contributed by atoms with E-state index in [0.717, 1.165) is 51.8 Å². The van der Waals surface area contributed by atoms with Crippen molar-refractivity contribution in [3.63, 3.8) is 0 Å². The lowest BCUT2D eigenvalue weighted by Gasteiger charge is -2.32. The van der Waals surface area contributed by atoms with Crippen LogP contribution in [0.25, 0.3) is 0 Å². The maximum Gasteiger partial charge on any atom is 0.251 e. The number of amides is 1. The summed E-state index contributed by atoms with van der Waals surface area (Å²) in [4.78, 5) is 21.5. The first kappa shape index (κ1) is 23.7. The first-order chi connectivity index (χ1) is 13.7. The molecule has 2 fully saturated rings. The number of aliphatic imine (C=N–C) groups is 1. The van der Waals surface area contributed by atoms with Crippen LogP contribution >= 0.6 is 24.0 Å². The quantitative estimate of drug-likeness (QED) is 0.254. The number of hydrogen-bond acceptors (Lipinski definition) is 5. The van der Waals surface area contributed by atoms with Crippen LogP contribution in [0.15, 0.2) is 29.3 Å². The van der Waals surface area contributed by atoms with Crippen molar-refractivity contribution in [3.05, 3.63) is 29.8 Å². The van der Waals surface area contributed by atoms with Crippen molar-refractivity contribution in [2.24, 2.45) is 4.99 Å². The maximum absolute atomic E-state index is 12.3. The van der Waals surface area contributed by atoms with Crippen LogP contribution in [0, 0.1) is 0 Å². The molecule has 0 spiro atoms. The second kappa shape index (κ2) is 12.2. The molecule has 1 aromatic carbocycles. The summed E-state index contributed by atoms with van der Waals surface area (Å²) in [7, 11) is 3.40. The van der Waals surface area contributed by atoms with Gasteiger partial charge in [0.25, 0.3) is 5.91 Å². The summed E-state index contributed by atoms with van der Waals surface area (Å²) in [6.45, 7) is 6.82. The molecule has 2 N–H and O–H groups in total. The zero-order valence-electron chi connectivity index (χ0n) is 17.2. The first-order valence-electron chi connectivity index (χ1n) is 9.91. The average Bonchev–Trinajstić information content (AvgIpc) is 3.24. The summed E-state index contributed by atoms with van der Waals surface area (Å²) < 4.78 is 10.6. The second-order valence-corrected chi connectivity index (χ2v) is 7.00. The number of carbonyl (C=O) groups is 1. The van der Waals surface area contributed by atoms with Gasteiger partial charge in [-0.25, -0.2) is 0 Å². The lowest BCUT2D eigenvalue weighted by atomic mass is 10.2. The molecule has 0 aliphatic carbocycles. The molecule has 162 valence electrons. The maximum atomic E-state index is 12.3. The van der Waals surface area contributed by atoms with Crippen molar-refractivity contribution in [1.29, 1.82) is 0 Å². The van der Waals surface area contributed by atoms with E-state index >= 15 is 0 Å². The van der Waals surface area contributed by atoms with Gasteiger partial charge in [0.2, 0.25) is 0 Å². The van der Waals surface area contributed by atoms with Crippen molar-refractivity contribution in [2.45, 2.75) is 12.5 Å². The van der Waals surface area contributed by atoms with Crippen molar-refractivity contribution in [1.82, 2.24) is 20.4 Å². The monoisotopic (exact) mass is 517 g/mol. The van der Waals surface area contributed by atoms with Crippen LogP contribution in [0.3, 0.4) is 0 Å². The Bertz CT molecular complexity index is 682. The summed E-state index contributed by atoms with van der Waals surface area (Å²) in [5.41, 5.74) is 0.594. The van der Waals surface area contributed by atoms with Gasteiger partial charge in [0.05, 0.1) is 20.3 Å². The molecule has 1 unspecified atom stereocenters. The molecule has 0 radical (unpaired) electrons.